The maximum atomic E-state index is 12.1. The molecular weight excluding hydrogens is 282 g/mol. The van der Waals surface area contributed by atoms with E-state index in [1.165, 1.54) is 17.7 Å². The summed E-state index contributed by atoms with van der Waals surface area (Å²) in [5, 5.41) is 5.12. The lowest BCUT2D eigenvalue weighted by atomic mass is 10.2. The molecule has 2 aromatic heterocycles. The molecule has 3 heterocycles. The van der Waals surface area contributed by atoms with Crippen molar-refractivity contribution in [3.63, 3.8) is 0 Å². The summed E-state index contributed by atoms with van der Waals surface area (Å²) in [7, 11) is 0. The maximum absolute atomic E-state index is 12.1. The molecule has 0 aliphatic carbocycles. The van der Waals surface area contributed by atoms with Crippen molar-refractivity contribution in [2.24, 2.45) is 0 Å². The van der Waals surface area contributed by atoms with Gasteiger partial charge in [0.05, 0.1) is 6.04 Å². The Morgan fingerprint density at radius 3 is 2.81 bits per heavy atom. The minimum atomic E-state index is -0.101. The molecule has 110 valence electrons. The van der Waals surface area contributed by atoms with Crippen molar-refractivity contribution < 1.29 is 4.79 Å². The molecule has 0 bridgehead atoms. The predicted molar refractivity (Wildman–Crippen MR) is 84.4 cm³/mol. The number of hydrogen-bond acceptors (Lipinski definition) is 4. The van der Waals surface area contributed by atoms with Gasteiger partial charge in [0.15, 0.2) is 0 Å². The number of nitrogens with one attached hydrogen (secondary N) is 1. The Balaban J connectivity index is 1.66. The Kier molecular flexibility index (Phi) is 4.62. The molecule has 1 aliphatic heterocycles. The lowest BCUT2D eigenvalue weighted by Crippen LogP contribution is -2.36. The van der Waals surface area contributed by atoms with Crippen LogP contribution in [0.25, 0.3) is 0 Å². The zero-order valence-corrected chi connectivity index (χ0v) is 12.7. The number of aromatic nitrogens is 1. The van der Waals surface area contributed by atoms with Crippen molar-refractivity contribution in [1.82, 2.24) is 15.2 Å². The standard InChI is InChI=1S/C16H19N3OS/c20-16(13-6-1-2-8-17-13)18-12-14(15-7-5-11-21-15)19-9-3-4-10-19/h1-2,5-8,11,14H,3-4,9-10,12H2,(H,18,20). The van der Waals surface area contributed by atoms with Gasteiger partial charge in [0, 0.05) is 17.6 Å². The van der Waals surface area contributed by atoms with Crippen LogP contribution in [0.4, 0.5) is 0 Å². The van der Waals surface area contributed by atoms with E-state index in [1.54, 1.807) is 23.6 Å². The average Bonchev–Trinajstić information content (AvgIpc) is 3.22. The third-order valence-electron chi connectivity index (χ3n) is 3.81. The molecule has 1 saturated heterocycles. The molecule has 0 saturated carbocycles. The van der Waals surface area contributed by atoms with Crippen molar-refractivity contribution >= 4 is 17.2 Å². The van der Waals surface area contributed by atoms with Crippen molar-refractivity contribution in [1.29, 1.82) is 0 Å². The number of carbonyl (C=O) groups is 1. The van der Waals surface area contributed by atoms with Crippen LogP contribution in [-0.4, -0.2) is 35.4 Å². The van der Waals surface area contributed by atoms with Crippen LogP contribution in [0.1, 0.15) is 34.2 Å². The second-order valence-electron chi connectivity index (χ2n) is 5.20. The van der Waals surface area contributed by atoms with Crippen LogP contribution in [0.5, 0.6) is 0 Å². The van der Waals surface area contributed by atoms with Crippen LogP contribution in [0, 0.1) is 0 Å². The van der Waals surface area contributed by atoms with Crippen molar-refractivity contribution in [2.75, 3.05) is 19.6 Å². The smallest absolute Gasteiger partial charge is 0.269 e. The van der Waals surface area contributed by atoms with Crippen LogP contribution in [0.2, 0.25) is 0 Å². The number of rotatable bonds is 5. The highest BCUT2D eigenvalue weighted by atomic mass is 32.1. The van der Waals surface area contributed by atoms with E-state index in [2.05, 4.69) is 32.7 Å². The molecular formula is C16H19N3OS. The van der Waals surface area contributed by atoms with Crippen LogP contribution in [-0.2, 0) is 0 Å². The van der Waals surface area contributed by atoms with E-state index in [0.717, 1.165) is 13.1 Å². The monoisotopic (exact) mass is 301 g/mol. The second-order valence-corrected chi connectivity index (χ2v) is 6.18. The van der Waals surface area contributed by atoms with E-state index in [1.807, 2.05) is 12.1 Å². The average molecular weight is 301 g/mol. The van der Waals surface area contributed by atoms with Crippen LogP contribution in [0.15, 0.2) is 41.9 Å². The molecule has 1 amide bonds. The van der Waals surface area contributed by atoms with Crippen LogP contribution >= 0.6 is 11.3 Å². The van der Waals surface area contributed by atoms with Gasteiger partial charge in [-0.1, -0.05) is 12.1 Å². The Bertz CT molecular complexity index is 564. The fraction of sp³-hybridized carbons (Fsp3) is 0.375. The topological polar surface area (TPSA) is 45.2 Å². The van der Waals surface area contributed by atoms with Gasteiger partial charge in [-0.25, -0.2) is 0 Å². The molecule has 5 heteroatoms. The summed E-state index contributed by atoms with van der Waals surface area (Å²) >= 11 is 1.76. The molecule has 1 aliphatic rings. The quantitative estimate of drug-likeness (QED) is 0.923. The summed E-state index contributed by atoms with van der Waals surface area (Å²) in [4.78, 5) is 20.0. The zero-order valence-electron chi connectivity index (χ0n) is 11.9. The summed E-state index contributed by atoms with van der Waals surface area (Å²) in [6.07, 6.45) is 4.14. The van der Waals surface area contributed by atoms with E-state index < -0.39 is 0 Å². The summed E-state index contributed by atoms with van der Waals surface area (Å²) in [6, 6.07) is 9.89. The SMILES string of the molecule is O=C(NCC(c1cccs1)N1CCCC1)c1ccccn1. The van der Waals surface area contributed by atoms with Crippen molar-refractivity contribution in [2.45, 2.75) is 18.9 Å². The summed E-state index contributed by atoms with van der Waals surface area (Å²) in [6.45, 7) is 2.86. The first-order valence-corrected chi connectivity index (χ1v) is 8.19. The summed E-state index contributed by atoms with van der Waals surface area (Å²) in [5.41, 5.74) is 0.476. The second kappa shape index (κ2) is 6.83. The highest BCUT2D eigenvalue weighted by molar-refractivity contribution is 7.10. The number of carbonyl (C=O) groups excluding carboxylic acids is 1. The van der Waals surface area contributed by atoms with Crippen LogP contribution < -0.4 is 5.32 Å². The normalized spacial score (nSPS) is 16.8. The number of nitrogens with zero attached hydrogens (tertiary/aromatic N) is 2. The van der Waals surface area contributed by atoms with E-state index in [0.29, 0.717) is 12.2 Å². The van der Waals surface area contributed by atoms with Gasteiger partial charge < -0.3 is 5.32 Å². The van der Waals surface area contributed by atoms with E-state index in [9.17, 15) is 4.79 Å². The molecule has 1 N–H and O–H groups in total. The highest BCUT2D eigenvalue weighted by Gasteiger charge is 2.24. The molecule has 2 aromatic rings. The van der Waals surface area contributed by atoms with E-state index in [-0.39, 0.29) is 11.9 Å². The fourth-order valence-electron chi connectivity index (χ4n) is 2.72. The molecule has 0 aromatic carbocycles. The van der Waals surface area contributed by atoms with Gasteiger partial charge in [0.2, 0.25) is 0 Å². The molecule has 0 spiro atoms. The molecule has 3 rings (SSSR count). The van der Waals surface area contributed by atoms with Crippen LogP contribution in [0.3, 0.4) is 0 Å². The number of likely N-dealkylation sites (tertiary alicyclic amines) is 1. The lowest BCUT2D eigenvalue weighted by molar-refractivity contribution is 0.0933. The highest BCUT2D eigenvalue weighted by Crippen LogP contribution is 2.27. The summed E-state index contributed by atoms with van der Waals surface area (Å²) < 4.78 is 0. The fourth-order valence-corrected chi connectivity index (χ4v) is 3.58. The number of hydrogen-bond donors (Lipinski definition) is 1. The maximum Gasteiger partial charge on any atom is 0.269 e. The Labute approximate surface area is 128 Å². The molecule has 4 nitrogen and oxygen atoms in total. The molecule has 21 heavy (non-hydrogen) atoms. The first-order valence-electron chi connectivity index (χ1n) is 7.31. The number of amides is 1. The van der Waals surface area contributed by atoms with Gasteiger partial charge in [-0.3, -0.25) is 14.7 Å². The minimum absolute atomic E-state index is 0.101. The van der Waals surface area contributed by atoms with Crippen molar-refractivity contribution in [3.8, 4) is 0 Å². The molecule has 1 fully saturated rings. The zero-order chi connectivity index (χ0) is 14.5. The third kappa shape index (κ3) is 3.49. The van der Waals surface area contributed by atoms with E-state index >= 15 is 0 Å². The van der Waals surface area contributed by atoms with Gasteiger partial charge in [0.25, 0.3) is 5.91 Å². The van der Waals surface area contributed by atoms with Gasteiger partial charge >= 0.3 is 0 Å². The minimum Gasteiger partial charge on any atom is -0.349 e. The lowest BCUT2D eigenvalue weighted by Gasteiger charge is -2.26. The van der Waals surface area contributed by atoms with Gasteiger partial charge in [-0.15, -0.1) is 11.3 Å². The molecule has 0 radical (unpaired) electrons. The Morgan fingerprint density at radius 2 is 2.14 bits per heavy atom. The van der Waals surface area contributed by atoms with E-state index in [4.69, 9.17) is 0 Å². The number of thiophene rings is 1. The van der Waals surface area contributed by atoms with Crippen molar-refractivity contribution in [3.05, 3.63) is 52.5 Å². The molecule has 1 unspecified atom stereocenters. The first kappa shape index (κ1) is 14.2. The predicted octanol–water partition coefficient (Wildman–Crippen LogP) is 2.71. The first-order chi connectivity index (χ1) is 10.3. The summed E-state index contributed by atoms with van der Waals surface area (Å²) in [5.74, 6) is -0.101. The molecule has 1 atom stereocenters. The Morgan fingerprint density at radius 1 is 1.29 bits per heavy atom. The van der Waals surface area contributed by atoms with Gasteiger partial charge in [-0.2, -0.15) is 0 Å². The largest absolute Gasteiger partial charge is 0.349 e. The van der Waals surface area contributed by atoms with Gasteiger partial charge in [0.1, 0.15) is 5.69 Å². The van der Waals surface area contributed by atoms with Gasteiger partial charge in [-0.05, 0) is 49.5 Å². The third-order valence-corrected chi connectivity index (χ3v) is 4.78. The Hall–Kier alpha value is -1.72. The number of pyridine rings is 1.